The Morgan fingerprint density at radius 1 is 1.14 bits per heavy atom. The summed E-state index contributed by atoms with van der Waals surface area (Å²) in [4.78, 5) is 32.7. The molecule has 0 fully saturated rings. The van der Waals surface area contributed by atoms with E-state index in [1.54, 1.807) is 31.1 Å². The summed E-state index contributed by atoms with van der Waals surface area (Å²) in [6, 6.07) is 3.86. The standard InChI is InChI=1S/C14H15N5O2S/c1-17-11-10(12(20)19(3)14(21)18(11)2)16-13(17)22-8-9-5-4-6-15-7-9/h4-7H,8H2,1-3H3. The average Bonchev–Trinajstić information content (AvgIpc) is 2.87. The summed E-state index contributed by atoms with van der Waals surface area (Å²) in [5.41, 5.74) is 1.18. The third-order valence-electron chi connectivity index (χ3n) is 3.51. The van der Waals surface area contributed by atoms with Gasteiger partial charge in [-0.3, -0.25) is 18.9 Å². The molecule has 0 saturated carbocycles. The second-order valence-electron chi connectivity index (χ2n) is 4.98. The van der Waals surface area contributed by atoms with Gasteiger partial charge in [0.25, 0.3) is 5.56 Å². The fraction of sp³-hybridized carbons (Fsp3) is 0.286. The molecule has 114 valence electrons. The highest BCUT2D eigenvalue weighted by Crippen LogP contribution is 2.23. The largest absolute Gasteiger partial charge is 0.332 e. The van der Waals surface area contributed by atoms with E-state index < -0.39 is 0 Å². The Hall–Kier alpha value is -2.35. The second-order valence-corrected chi connectivity index (χ2v) is 5.92. The Morgan fingerprint density at radius 3 is 2.59 bits per heavy atom. The lowest BCUT2D eigenvalue weighted by molar-refractivity contribution is 0.690. The van der Waals surface area contributed by atoms with Crippen molar-refractivity contribution in [2.45, 2.75) is 10.9 Å². The molecule has 0 saturated heterocycles. The van der Waals surface area contributed by atoms with Crippen LogP contribution in [0.15, 0.2) is 39.3 Å². The van der Waals surface area contributed by atoms with Gasteiger partial charge in [-0.2, -0.15) is 0 Å². The minimum Gasteiger partial charge on any atom is -0.308 e. The number of nitrogens with zero attached hydrogens (tertiary/aromatic N) is 5. The number of aromatic nitrogens is 5. The molecule has 7 nitrogen and oxygen atoms in total. The molecule has 0 radical (unpaired) electrons. The van der Waals surface area contributed by atoms with Crippen molar-refractivity contribution in [2.75, 3.05) is 0 Å². The number of aryl methyl sites for hydroxylation is 2. The van der Waals surface area contributed by atoms with E-state index in [-0.39, 0.29) is 11.2 Å². The summed E-state index contributed by atoms with van der Waals surface area (Å²) in [5, 5.41) is 0.692. The molecule has 0 aliphatic rings. The summed E-state index contributed by atoms with van der Waals surface area (Å²) in [7, 11) is 4.91. The molecule has 3 rings (SSSR count). The number of rotatable bonds is 3. The van der Waals surface area contributed by atoms with Crippen LogP contribution in [0, 0.1) is 0 Å². The van der Waals surface area contributed by atoms with Crippen molar-refractivity contribution in [1.82, 2.24) is 23.7 Å². The van der Waals surface area contributed by atoms with Crippen LogP contribution < -0.4 is 11.2 Å². The monoisotopic (exact) mass is 317 g/mol. The van der Waals surface area contributed by atoms with Gasteiger partial charge in [0, 0.05) is 39.3 Å². The fourth-order valence-corrected chi connectivity index (χ4v) is 3.22. The molecule has 0 aliphatic carbocycles. The summed E-state index contributed by atoms with van der Waals surface area (Å²) < 4.78 is 4.29. The minimum atomic E-state index is -0.373. The van der Waals surface area contributed by atoms with E-state index in [4.69, 9.17) is 0 Å². The molecule has 22 heavy (non-hydrogen) atoms. The van der Waals surface area contributed by atoms with Crippen molar-refractivity contribution < 1.29 is 0 Å². The van der Waals surface area contributed by atoms with E-state index in [1.165, 1.54) is 23.4 Å². The van der Waals surface area contributed by atoms with Gasteiger partial charge in [0.15, 0.2) is 16.3 Å². The smallest absolute Gasteiger partial charge is 0.308 e. The maximum atomic E-state index is 12.2. The fourth-order valence-electron chi connectivity index (χ4n) is 2.32. The van der Waals surface area contributed by atoms with E-state index >= 15 is 0 Å². The zero-order valence-corrected chi connectivity index (χ0v) is 13.3. The molecule has 0 bridgehead atoms. The van der Waals surface area contributed by atoms with E-state index in [0.717, 1.165) is 10.1 Å². The molecular formula is C14H15N5O2S. The summed E-state index contributed by atoms with van der Waals surface area (Å²) >= 11 is 1.50. The Labute approximate surface area is 130 Å². The lowest BCUT2D eigenvalue weighted by Crippen LogP contribution is -2.37. The van der Waals surface area contributed by atoms with Crippen LogP contribution in [0.5, 0.6) is 0 Å². The molecule has 0 N–H and O–H groups in total. The summed E-state index contributed by atoms with van der Waals surface area (Å²) in [6.07, 6.45) is 3.52. The minimum absolute atomic E-state index is 0.306. The molecule has 0 amide bonds. The normalized spacial score (nSPS) is 11.2. The second kappa shape index (κ2) is 5.45. The topological polar surface area (TPSA) is 74.7 Å². The van der Waals surface area contributed by atoms with Crippen molar-refractivity contribution in [2.24, 2.45) is 21.1 Å². The van der Waals surface area contributed by atoms with Crippen LogP contribution in [-0.4, -0.2) is 23.7 Å². The summed E-state index contributed by atoms with van der Waals surface area (Å²) in [5.74, 6) is 0.694. The van der Waals surface area contributed by atoms with Gasteiger partial charge < -0.3 is 4.57 Å². The van der Waals surface area contributed by atoms with Crippen LogP contribution in [0.25, 0.3) is 11.2 Å². The Kier molecular flexibility index (Phi) is 3.61. The van der Waals surface area contributed by atoms with Crippen LogP contribution in [0.1, 0.15) is 5.56 Å². The highest BCUT2D eigenvalue weighted by molar-refractivity contribution is 7.98. The molecule has 0 unspecified atom stereocenters. The van der Waals surface area contributed by atoms with Gasteiger partial charge in [-0.1, -0.05) is 17.8 Å². The van der Waals surface area contributed by atoms with Gasteiger partial charge in [0.2, 0.25) is 0 Å². The molecule has 3 aromatic heterocycles. The number of hydrogen-bond acceptors (Lipinski definition) is 5. The van der Waals surface area contributed by atoms with Gasteiger partial charge in [0.1, 0.15) is 0 Å². The molecule has 0 aromatic carbocycles. The Morgan fingerprint density at radius 2 is 1.91 bits per heavy atom. The van der Waals surface area contributed by atoms with E-state index in [9.17, 15) is 9.59 Å². The SMILES string of the molecule is Cn1c(=O)c2nc(SCc3cccnc3)n(C)c2n(C)c1=O. The number of fused-ring (bicyclic) bond motifs is 1. The van der Waals surface area contributed by atoms with Crippen LogP contribution >= 0.6 is 11.8 Å². The first-order valence-electron chi connectivity index (χ1n) is 6.65. The number of pyridine rings is 1. The quantitative estimate of drug-likeness (QED) is 0.663. The molecule has 3 aromatic rings. The van der Waals surface area contributed by atoms with Crippen molar-refractivity contribution in [3.63, 3.8) is 0 Å². The average molecular weight is 317 g/mol. The molecule has 0 spiro atoms. The summed E-state index contributed by atoms with van der Waals surface area (Å²) in [6.45, 7) is 0. The van der Waals surface area contributed by atoms with Gasteiger partial charge in [0.05, 0.1) is 0 Å². The lowest BCUT2D eigenvalue weighted by atomic mass is 10.3. The zero-order chi connectivity index (χ0) is 15.9. The Bertz CT molecular complexity index is 955. The van der Waals surface area contributed by atoms with E-state index in [2.05, 4.69) is 9.97 Å². The zero-order valence-electron chi connectivity index (χ0n) is 12.5. The molecule has 0 atom stereocenters. The van der Waals surface area contributed by atoms with E-state index in [0.29, 0.717) is 22.1 Å². The van der Waals surface area contributed by atoms with Gasteiger partial charge in [-0.05, 0) is 11.6 Å². The van der Waals surface area contributed by atoms with Gasteiger partial charge in [-0.15, -0.1) is 0 Å². The predicted octanol–water partition coefficient (Wildman–Crippen LogP) is 0.658. The molecular weight excluding hydrogens is 302 g/mol. The third kappa shape index (κ3) is 2.25. The van der Waals surface area contributed by atoms with Crippen LogP contribution in [-0.2, 0) is 26.9 Å². The van der Waals surface area contributed by atoms with Gasteiger partial charge in [-0.25, -0.2) is 9.78 Å². The highest BCUT2D eigenvalue weighted by Gasteiger charge is 2.17. The molecule has 3 heterocycles. The van der Waals surface area contributed by atoms with Crippen LogP contribution in [0.4, 0.5) is 0 Å². The van der Waals surface area contributed by atoms with Crippen LogP contribution in [0.3, 0.4) is 0 Å². The number of imidazole rings is 1. The van der Waals surface area contributed by atoms with Crippen molar-refractivity contribution in [1.29, 1.82) is 0 Å². The van der Waals surface area contributed by atoms with Crippen molar-refractivity contribution in [3.8, 4) is 0 Å². The number of thioether (sulfide) groups is 1. The lowest BCUT2D eigenvalue weighted by Gasteiger charge is -2.06. The van der Waals surface area contributed by atoms with Crippen LogP contribution in [0.2, 0.25) is 0 Å². The number of hydrogen-bond donors (Lipinski definition) is 0. The maximum absolute atomic E-state index is 12.2. The van der Waals surface area contributed by atoms with Gasteiger partial charge >= 0.3 is 5.69 Å². The van der Waals surface area contributed by atoms with Crippen molar-refractivity contribution in [3.05, 3.63) is 50.9 Å². The Balaban J connectivity index is 2.07. The molecule has 0 aliphatic heterocycles. The third-order valence-corrected chi connectivity index (χ3v) is 4.61. The predicted molar refractivity (Wildman–Crippen MR) is 85.0 cm³/mol. The highest BCUT2D eigenvalue weighted by atomic mass is 32.2. The first-order chi connectivity index (χ1) is 10.5. The van der Waals surface area contributed by atoms with E-state index in [1.807, 2.05) is 12.1 Å². The first-order valence-corrected chi connectivity index (χ1v) is 7.63. The first kappa shape index (κ1) is 14.6. The molecule has 8 heteroatoms. The van der Waals surface area contributed by atoms with Crippen molar-refractivity contribution >= 4 is 22.9 Å². The maximum Gasteiger partial charge on any atom is 0.332 e.